The average Bonchev–Trinajstić information content (AvgIpc) is 2.79. The fourth-order valence-corrected chi connectivity index (χ4v) is 5.84. The molecule has 0 amide bonds. The van der Waals surface area contributed by atoms with Crippen molar-refractivity contribution in [3.8, 4) is 0 Å². The lowest BCUT2D eigenvalue weighted by Gasteiger charge is -2.32. The first-order valence-electron chi connectivity index (χ1n) is 12.0. The number of piperidine rings is 1. The Morgan fingerprint density at radius 3 is 2.45 bits per heavy atom. The van der Waals surface area contributed by atoms with Crippen LogP contribution in [0.25, 0.3) is 10.9 Å². The van der Waals surface area contributed by atoms with Gasteiger partial charge in [-0.1, -0.05) is 6.92 Å². The molecule has 2 aromatic rings. The lowest BCUT2D eigenvalue weighted by molar-refractivity contribution is 0.122. The van der Waals surface area contributed by atoms with Gasteiger partial charge in [-0.25, -0.2) is 22.7 Å². The second kappa shape index (κ2) is 9.68. The van der Waals surface area contributed by atoms with Crippen molar-refractivity contribution in [2.75, 3.05) is 24.7 Å². The number of aromatic nitrogens is 3. The number of sulfonamides is 1. The molecule has 0 bridgehead atoms. The molecule has 0 unspecified atom stereocenters. The van der Waals surface area contributed by atoms with E-state index in [1.54, 1.807) is 10.8 Å². The third kappa shape index (κ3) is 5.22. The first-order valence-corrected chi connectivity index (χ1v) is 13.8. The van der Waals surface area contributed by atoms with E-state index in [0.29, 0.717) is 42.8 Å². The van der Waals surface area contributed by atoms with Gasteiger partial charge in [0, 0.05) is 37.6 Å². The Morgan fingerprint density at radius 1 is 1.18 bits per heavy atom. The molecule has 1 aliphatic heterocycles. The minimum Gasteiger partial charge on any atom is -0.393 e. The summed E-state index contributed by atoms with van der Waals surface area (Å²) in [6.45, 7) is 4.98. The Hall–Kier alpha value is -2.04. The highest BCUT2D eigenvalue weighted by Gasteiger charge is 2.29. The van der Waals surface area contributed by atoms with E-state index in [4.69, 9.17) is 4.98 Å². The second-order valence-corrected chi connectivity index (χ2v) is 11.6. The molecular weight excluding hydrogens is 442 g/mol. The number of aliphatic hydroxyl groups is 1. The molecule has 2 fully saturated rings. The summed E-state index contributed by atoms with van der Waals surface area (Å²) in [5, 5.41) is 13.8. The highest BCUT2D eigenvalue weighted by atomic mass is 32.2. The molecule has 10 heteroatoms. The summed E-state index contributed by atoms with van der Waals surface area (Å²) in [5.41, 5.74) is 1.58. The van der Waals surface area contributed by atoms with Crippen LogP contribution in [0, 0.1) is 0 Å². The van der Waals surface area contributed by atoms with Crippen LogP contribution in [0.2, 0.25) is 0 Å². The van der Waals surface area contributed by atoms with Crippen molar-refractivity contribution < 1.29 is 13.5 Å². The Labute approximate surface area is 195 Å². The number of anilines is 1. The fraction of sp³-hybridized carbons (Fsp3) is 0.696. The first kappa shape index (κ1) is 24.1. The van der Waals surface area contributed by atoms with Crippen molar-refractivity contribution in [2.24, 2.45) is 0 Å². The molecule has 1 atom stereocenters. The van der Waals surface area contributed by atoms with Gasteiger partial charge < -0.3 is 15.0 Å². The fourth-order valence-electron chi connectivity index (χ4n) is 4.97. The number of rotatable bonds is 6. The van der Waals surface area contributed by atoms with Crippen molar-refractivity contribution >= 4 is 26.9 Å². The van der Waals surface area contributed by atoms with E-state index >= 15 is 0 Å². The number of nitrogens with one attached hydrogen (secondary N) is 1. The molecule has 9 nitrogen and oxygen atoms in total. The SMILES string of the molecule is CC[C@H](C)Nc1ncc2c(=O)n(C3CCN(S(C)(=O)=O)CC3)cc([C@H]3CC[C@H](O)CC3)c2n1. The summed E-state index contributed by atoms with van der Waals surface area (Å²) >= 11 is 0. The molecule has 3 heterocycles. The number of fused-ring (bicyclic) bond motifs is 1. The van der Waals surface area contributed by atoms with E-state index in [2.05, 4.69) is 24.1 Å². The van der Waals surface area contributed by atoms with Gasteiger partial charge in [0.15, 0.2) is 0 Å². The molecule has 0 spiro atoms. The van der Waals surface area contributed by atoms with Crippen LogP contribution >= 0.6 is 0 Å². The van der Waals surface area contributed by atoms with E-state index < -0.39 is 10.0 Å². The third-order valence-electron chi connectivity index (χ3n) is 7.22. The predicted octanol–water partition coefficient (Wildman–Crippen LogP) is 2.62. The van der Waals surface area contributed by atoms with Crippen molar-refractivity contribution in [1.82, 2.24) is 18.8 Å². The summed E-state index contributed by atoms with van der Waals surface area (Å²) in [6, 6.07) is 0.155. The zero-order valence-electron chi connectivity index (χ0n) is 19.7. The van der Waals surface area contributed by atoms with Crippen molar-refractivity contribution in [2.45, 2.75) is 82.9 Å². The maximum Gasteiger partial charge on any atom is 0.261 e. The minimum absolute atomic E-state index is 0.0641. The van der Waals surface area contributed by atoms with Gasteiger partial charge in [-0.05, 0) is 63.4 Å². The van der Waals surface area contributed by atoms with Gasteiger partial charge in [-0.3, -0.25) is 4.79 Å². The van der Waals surface area contributed by atoms with E-state index in [1.165, 1.54) is 10.6 Å². The molecule has 0 aromatic carbocycles. The predicted molar refractivity (Wildman–Crippen MR) is 129 cm³/mol. The maximum absolute atomic E-state index is 13.5. The molecule has 4 rings (SSSR count). The van der Waals surface area contributed by atoms with Crippen LogP contribution in [0.5, 0.6) is 0 Å². The lowest BCUT2D eigenvalue weighted by atomic mass is 9.82. The molecule has 2 aliphatic rings. The zero-order chi connectivity index (χ0) is 23.8. The second-order valence-electron chi connectivity index (χ2n) is 9.61. The Balaban J connectivity index is 1.75. The molecule has 1 aliphatic carbocycles. The Bertz CT molecular complexity index is 1150. The first-order chi connectivity index (χ1) is 15.7. The third-order valence-corrected chi connectivity index (χ3v) is 8.52. The van der Waals surface area contributed by atoms with Gasteiger partial charge >= 0.3 is 0 Å². The van der Waals surface area contributed by atoms with Crippen LogP contribution in [-0.2, 0) is 10.0 Å². The standard InChI is InChI=1S/C23H35N5O4S/c1-4-15(2)25-23-24-13-19-21(26-23)20(16-5-7-18(29)8-6-16)14-28(22(19)30)17-9-11-27(12-10-17)33(3,31)32/h13-18,29H,4-12H2,1-3H3,(H,24,25,26)/t15-,16-,18-/m0/s1. The van der Waals surface area contributed by atoms with Crippen molar-refractivity contribution in [1.29, 1.82) is 0 Å². The van der Waals surface area contributed by atoms with Gasteiger partial charge in [-0.15, -0.1) is 0 Å². The van der Waals surface area contributed by atoms with E-state index in [9.17, 15) is 18.3 Å². The summed E-state index contributed by atoms with van der Waals surface area (Å²) in [4.78, 5) is 22.7. The van der Waals surface area contributed by atoms with Gasteiger partial charge in [0.05, 0.1) is 23.3 Å². The summed E-state index contributed by atoms with van der Waals surface area (Å²) < 4.78 is 27.1. The molecule has 2 N–H and O–H groups in total. The van der Waals surface area contributed by atoms with Crippen molar-refractivity contribution in [3.63, 3.8) is 0 Å². The molecule has 1 saturated heterocycles. The largest absolute Gasteiger partial charge is 0.393 e. The monoisotopic (exact) mass is 477 g/mol. The highest BCUT2D eigenvalue weighted by Crippen LogP contribution is 2.36. The van der Waals surface area contributed by atoms with Crippen LogP contribution in [0.15, 0.2) is 17.2 Å². The number of pyridine rings is 1. The lowest BCUT2D eigenvalue weighted by Crippen LogP contribution is -2.40. The smallest absolute Gasteiger partial charge is 0.261 e. The minimum atomic E-state index is -3.23. The molecule has 33 heavy (non-hydrogen) atoms. The van der Waals surface area contributed by atoms with E-state index in [0.717, 1.165) is 37.7 Å². The molecular formula is C23H35N5O4S. The van der Waals surface area contributed by atoms with Gasteiger partial charge in [0.1, 0.15) is 0 Å². The Kier molecular flexibility index (Phi) is 7.07. The highest BCUT2D eigenvalue weighted by molar-refractivity contribution is 7.88. The molecule has 1 saturated carbocycles. The Morgan fingerprint density at radius 2 is 1.85 bits per heavy atom. The van der Waals surface area contributed by atoms with Gasteiger partial charge in [-0.2, -0.15) is 0 Å². The number of aliphatic hydroxyl groups excluding tert-OH is 1. The molecule has 182 valence electrons. The van der Waals surface area contributed by atoms with Crippen LogP contribution in [0.1, 0.15) is 76.3 Å². The average molecular weight is 478 g/mol. The van der Waals surface area contributed by atoms with E-state index in [-0.39, 0.29) is 29.7 Å². The number of nitrogens with zero attached hydrogens (tertiary/aromatic N) is 4. The van der Waals surface area contributed by atoms with Gasteiger partial charge in [0.25, 0.3) is 5.56 Å². The zero-order valence-corrected chi connectivity index (χ0v) is 20.5. The van der Waals surface area contributed by atoms with E-state index in [1.807, 2.05) is 6.20 Å². The number of hydrogen-bond donors (Lipinski definition) is 2. The topological polar surface area (TPSA) is 117 Å². The molecule has 2 aromatic heterocycles. The van der Waals surface area contributed by atoms with Crippen LogP contribution < -0.4 is 10.9 Å². The normalized spacial score (nSPS) is 24.1. The maximum atomic E-state index is 13.5. The van der Waals surface area contributed by atoms with Crippen LogP contribution in [0.4, 0.5) is 5.95 Å². The van der Waals surface area contributed by atoms with Crippen molar-refractivity contribution in [3.05, 3.63) is 28.3 Å². The summed E-state index contributed by atoms with van der Waals surface area (Å²) in [6.07, 6.45) is 9.82. The number of hydrogen-bond acceptors (Lipinski definition) is 7. The summed E-state index contributed by atoms with van der Waals surface area (Å²) in [5.74, 6) is 0.734. The summed E-state index contributed by atoms with van der Waals surface area (Å²) in [7, 11) is -3.23. The molecule has 0 radical (unpaired) electrons. The quantitative estimate of drug-likeness (QED) is 0.657. The van der Waals surface area contributed by atoms with Gasteiger partial charge in [0.2, 0.25) is 16.0 Å². The van der Waals surface area contributed by atoms with Crippen LogP contribution in [-0.4, -0.2) is 63.9 Å². The van der Waals surface area contributed by atoms with Crippen LogP contribution in [0.3, 0.4) is 0 Å².